The van der Waals surface area contributed by atoms with Crippen LogP contribution in [0.1, 0.15) is 30.9 Å². The Morgan fingerprint density at radius 1 is 1.21 bits per heavy atom. The maximum atomic E-state index is 12.5. The Hall–Kier alpha value is -2.89. The van der Waals surface area contributed by atoms with E-state index in [2.05, 4.69) is 16.4 Å². The molecular formula is C23H27N3O3. The van der Waals surface area contributed by atoms with Gasteiger partial charge < -0.3 is 15.0 Å². The number of nitrogens with zero attached hydrogens (tertiary/aromatic N) is 2. The summed E-state index contributed by atoms with van der Waals surface area (Å²) >= 11 is 0. The number of para-hydroxylation sites is 1. The molecule has 2 aliphatic heterocycles. The van der Waals surface area contributed by atoms with Crippen LogP contribution in [0.15, 0.2) is 36.5 Å². The average Bonchev–Trinajstić information content (AvgIpc) is 3.16. The third-order valence-electron chi connectivity index (χ3n) is 5.83. The van der Waals surface area contributed by atoms with Gasteiger partial charge in [-0.25, -0.2) is 0 Å². The van der Waals surface area contributed by atoms with E-state index in [0.717, 1.165) is 47.4 Å². The highest BCUT2D eigenvalue weighted by molar-refractivity contribution is 5.79. The van der Waals surface area contributed by atoms with E-state index in [1.165, 1.54) is 0 Å². The number of pyridine rings is 1. The molecule has 29 heavy (non-hydrogen) atoms. The molecule has 1 saturated heterocycles. The van der Waals surface area contributed by atoms with Crippen LogP contribution in [0.5, 0.6) is 5.75 Å². The van der Waals surface area contributed by atoms with Gasteiger partial charge in [0.05, 0.1) is 12.2 Å². The second-order valence-corrected chi connectivity index (χ2v) is 7.98. The van der Waals surface area contributed by atoms with E-state index in [-0.39, 0.29) is 23.8 Å². The van der Waals surface area contributed by atoms with Crippen molar-refractivity contribution in [2.45, 2.75) is 39.2 Å². The van der Waals surface area contributed by atoms with Gasteiger partial charge in [0, 0.05) is 44.1 Å². The first-order valence-corrected chi connectivity index (χ1v) is 10.3. The van der Waals surface area contributed by atoms with Gasteiger partial charge in [0.25, 0.3) is 0 Å². The third-order valence-corrected chi connectivity index (χ3v) is 5.83. The minimum atomic E-state index is -0.0714. The lowest BCUT2D eigenvalue weighted by Gasteiger charge is -2.30. The molecule has 1 N–H and O–H groups in total. The number of carbonyl (C=O) groups is 2. The maximum Gasteiger partial charge on any atom is 0.223 e. The van der Waals surface area contributed by atoms with Crippen molar-refractivity contribution in [1.82, 2.24) is 15.2 Å². The normalized spacial score (nSPS) is 18.8. The Morgan fingerprint density at radius 2 is 2.00 bits per heavy atom. The van der Waals surface area contributed by atoms with E-state index >= 15 is 0 Å². The summed E-state index contributed by atoms with van der Waals surface area (Å²) in [5, 5.41) is 3.06. The summed E-state index contributed by atoms with van der Waals surface area (Å²) in [4.78, 5) is 30.3. The summed E-state index contributed by atoms with van der Waals surface area (Å²) in [6.45, 7) is 5.40. The fourth-order valence-electron chi connectivity index (χ4n) is 4.10. The summed E-state index contributed by atoms with van der Waals surface area (Å²) in [5.74, 6) is 0.993. The number of carbonyl (C=O) groups excluding carboxylic acids is 2. The van der Waals surface area contributed by atoms with E-state index in [1.807, 2.05) is 37.4 Å². The zero-order valence-corrected chi connectivity index (χ0v) is 17.0. The van der Waals surface area contributed by atoms with Gasteiger partial charge in [0.2, 0.25) is 11.8 Å². The molecule has 2 aromatic rings. The van der Waals surface area contributed by atoms with Crippen LogP contribution in [0.4, 0.5) is 0 Å². The van der Waals surface area contributed by atoms with Crippen molar-refractivity contribution in [1.29, 1.82) is 0 Å². The fraction of sp³-hybridized carbons (Fsp3) is 0.435. The summed E-state index contributed by atoms with van der Waals surface area (Å²) in [6, 6.07) is 10.2. The van der Waals surface area contributed by atoms with Crippen molar-refractivity contribution in [3.63, 3.8) is 0 Å². The molecule has 1 aromatic heterocycles. The molecule has 0 aliphatic carbocycles. The number of rotatable bonds is 4. The number of hydrogen-bond acceptors (Lipinski definition) is 4. The molecule has 0 saturated carbocycles. The van der Waals surface area contributed by atoms with E-state index in [4.69, 9.17) is 4.74 Å². The van der Waals surface area contributed by atoms with Crippen molar-refractivity contribution < 1.29 is 14.3 Å². The lowest BCUT2D eigenvalue weighted by atomic mass is 9.96. The van der Waals surface area contributed by atoms with Gasteiger partial charge in [-0.3, -0.25) is 14.6 Å². The van der Waals surface area contributed by atoms with Crippen molar-refractivity contribution in [2.24, 2.45) is 5.92 Å². The van der Waals surface area contributed by atoms with Gasteiger partial charge in [-0.1, -0.05) is 18.2 Å². The molecule has 152 valence electrons. The third kappa shape index (κ3) is 4.26. The molecular weight excluding hydrogens is 366 g/mol. The zero-order chi connectivity index (χ0) is 20.4. The van der Waals surface area contributed by atoms with Crippen molar-refractivity contribution in [3.8, 4) is 17.0 Å². The minimum Gasteiger partial charge on any atom is -0.487 e. The fourth-order valence-corrected chi connectivity index (χ4v) is 4.10. The second-order valence-electron chi connectivity index (χ2n) is 7.98. The van der Waals surface area contributed by atoms with E-state index in [9.17, 15) is 9.59 Å². The molecule has 1 unspecified atom stereocenters. The summed E-state index contributed by atoms with van der Waals surface area (Å²) in [5.41, 5.74) is 4.16. The van der Waals surface area contributed by atoms with E-state index < -0.39 is 0 Å². The number of aromatic nitrogens is 1. The number of amides is 2. The SMILES string of the molecule is CC(=O)N1CCC(C(=O)NCC2Cc3cccc(-c4ccc(C)cn4)c3O2)CC1. The van der Waals surface area contributed by atoms with E-state index in [0.29, 0.717) is 19.6 Å². The summed E-state index contributed by atoms with van der Waals surface area (Å²) in [7, 11) is 0. The van der Waals surface area contributed by atoms with Crippen LogP contribution in [0, 0.1) is 12.8 Å². The Balaban J connectivity index is 1.35. The Labute approximate surface area is 171 Å². The number of aryl methyl sites for hydroxylation is 1. The number of hydrogen-bond donors (Lipinski definition) is 1. The van der Waals surface area contributed by atoms with Gasteiger partial charge in [-0.15, -0.1) is 0 Å². The monoisotopic (exact) mass is 393 g/mol. The zero-order valence-electron chi connectivity index (χ0n) is 17.0. The minimum absolute atomic E-state index is 0.0262. The van der Waals surface area contributed by atoms with E-state index in [1.54, 1.807) is 11.8 Å². The van der Waals surface area contributed by atoms with Crippen LogP contribution < -0.4 is 10.1 Å². The highest BCUT2D eigenvalue weighted by atomic mass is 16.5. The molecule has 0 radical (unpaired) electrons. The molecule has 2 amide bonds. The number of ether oxygens (including phenoxy) is 1. The first-order chi connectivity index (χ1) is 14.0. The van der Waals surface area contributed by atoms with Crippen LogP contribution in [-0.4, -0.2) is 47.4 Å². The van der Waals surface area contributed by atoms with Gasteiger partial charge in [-0.05, 0) is 43.0 Å². The smallest absolute Gasteiger partial charge is 0.223 e. The van der Waals surface area contributed by atoms with Crippen molar-refractivity contribution >= 4 is 11.8 Å². The molecule has 0 bridgehead atoms. The van der Waals surface area contributed by atoms with Crippen LogP contribution in [0.3, 0.4) is 0 Å². The lowest BCUT2D eigenvalue weighted by Crippen LogP contribution is -2.44. The molecule has 4 rings (SSSR count). The summed E-state index contributed by atoms with van der Waals surface area (Å²) < 4.78 is 6.20. The average molecular weight is 393 g/mol. The Kier molecular flexibility index (Phi) is 5.51. The Bertz CT molecular complexity index is 902. The predicted molar refractivity (Wildman–Crippen MR) is 111 cm³/mol. The van der Waals surface area contributed by atoms with Gasteiger partial charge >= 0.3 is 0 Å². The quantitative estimate of drug-likeness (QED) is 0.867. The largest absolute Gasteiger partial charge is 0.487 e. The maximum absolute atomic E-state index is 12.5. The topological polar surface area (TPSA) is 71.5 Å². The molecule has 6 nitrogen and oxygen atoms in total. The van der Waals surface area contributed by atoms with Crippen LogP contribution in [0.2, 0.25) is 0 Å². The Morgan fingerprint density at radius 3 is 2.69 bits per heavy atom. The van der Waals surface area contributed by atoms with Crippen LogP contribution in [-0.2, 0) is 16.0 Å². The second kappa shape index (κ2) is 8.23. The number of likely N-dealkylation sites (tertiary alicyclic amines) is 1. The van der Waals surface area contributed by atoms with Gasteiger partial charge in [0.1, 0.15) is 11.9 Å². The number of nitrogens with one attached hydrogen (secondary N) is 1. The molecule has 1 fully saturated rings. The van der Waals surface area contributed by atoms with Crippen LogP contribution in [0.25, 0.3) is 11.3 Å². The molecule has 2 aliphatic rings. The first kappa shape index (κ1) is 19.4. The highest BCUT2D eigenvalue weighted by Crippen LogP contribution is 2.38. The standard InChI is InChI=1S/C23H27N3O3/c1-15-6-7-21(24-13-15)20-5-3-4-18-12-19(29-22(18)20)14-25-23(28)17-8-10-26(11-9-17)16(2)27/h3-7,13,17,19H,8-12,14H2,1-2H3,(H,25,28). The van der Waals surface area contributed by atoms with Gasteiger partial charge in [-0.2, -0.15) is 0 Å². The molecule has 3 heterocycles. The molecule has 1 aromatic carbocycles. The molecule has 6 heteroatoms. The molecule has 0 spiro atoms. The number of fused-ring (bicyclic) bond motifs is 1. The molecule has 1 atom stereocenters. The van der Waals surface area contributed by atoms with Crippen molar-refractivity contribution in [2.75, 3.05) is 19.6 Å². The van der Waals surface area contributed by atoms with Gasteiger partial charge in [0.15, 0.2) is 0 Å². The lowest BCUT2D eigenvalue weighted by molar-refractivity contribution is -0.134. The van der Waals surface area contributed by atoms with Crippen molar-refractivity contribution in [3.05, 3.63) is 47.7 Å². The predicted octanol–water partition coefficient (Wildman–Crippen LogP) is 2.74. The highest BCUT2D eigenvalue weighted by Gasteiger charge is 2.29. The number of piperidine rings is 1. The number of benzene rings is 1. The van der Waals surface area contributed by atoms with Crippen LogP contribution >= 0.6 is 0 Å². The summed E-state index contributed by atoms with van der Waals surface area (Å²) in [6.07, 6.45) is 4.01. The first-order valence-electron chi connectivity index (χ1n) is 10.3.